The molecule has 16 rings (SSSR count). The molecule has 0 radical (unpaired) electrons. The van der Waals surface area contributed by atoms with E-state index in [1.54, 1.807) is 0 Å². The van der Waals surface area contributed by atoms with Crippen LogP contribution < -0.4 is 9.64 Å². The molecule has 5 aliphatic rings. The zero-order chi connectivity index (χ0) is 45.7. The quantitative estimate of drug-likeness (QED) is 0.176. The number of nitrogens with zero attached hydrogens (tertiary/aromatic N) is 1. The molecule has 1 saturated carbocycles. The molecular weight excluding hydrogens is 871 g/mol. The van der Waals surface area contributed by atoms with Crippen molar-refractivity contribution in [3.63, 3.8) is 0 Å². The third-order valence-corrected chi connectivity index (χ3v) is 18.1. The highest BCUT2D eigenvalue weighted by Crippen LogP contribution is 2.66. The molecule has 3 atom stereocenters. The molecule has 332 valence electrons. The number of hydrogen-bond donors (Lipinski definition) is 0. The van der Waals surface area contributed by atoms with Crippen molar-refractivity contribution in [1.29, 1.82) is 0 Å². The van der Waals surface area contributed by atoms with Gasteiger partial charge in [0.1, 0.15) is 23.0 Å². The fourth-order valence-electron chi connectivity index (χ4n) is 14.4. The Hall–Kier alpha value is -7.79. The molecule has 3 nitrogen and oxygen atoms in total. The lowest BCUT2D eigenvalue weighted by Crippen LogP contribution is -2.54. The molecular formula is C66H45NO2S. The van der Waals surface area contributed by atoms with Crippen LogP contribution in [-0.2, 0) is 10.8 Å². The summed E-state index contributed by atoms with van der Waals surface area (Å²) in [6.45, 7) is 0. The van der Waals surface area contributed by atoms with E-state index >= 15 is 0 Å². The van der Waals surface area contributed by atoms with Gasteiger partial charge in [0, 0.05) is 38.4 Å². The fourth-order valence-corrected chi connectivity index (χ4v) is 15.6. The van der Waals surface area contributed by atoms with Gasteiger partial charge in [0.2, 0.25) is 0 Å². The van der Waals surface area contributed by atoms with E-state index < -0.39 is 10.8 Å². The Morgan fingerprint density at radius 1 is 0.457 bits per heavy atom. The van der Waals surface area contributed by atoms with Crippen LogP contribution in [0.3, 0.4) is 0 Å². The first kappa shape index (κ1) is 39.1. The van der Waals surface area contributed by atoms with Gasteiger partial charge in [-0.3, -0.25) is 0 Å². The largest absolute Gasteiger partial charge is 0.490 e. The van der Waals surface area contributed by atoms with Gasteiger partial charge >= 0.3 is 0 Å². The van der Waals surface area contributed by atoms with Crippen molar-refractivity contribution in [2.45, 2.75) is 52.0 Å². The Morgan fingerprint density at radius 3 is 1.79 bits per heavy atom. The van der Waals surface area contributed by atoms with Crippen LogP contribution in [0.4, 0.5) is 11.4 Å². The van der Waals surface area contributed by atoms with E-state index in [1.165, 1.54) is 93.1 Å². The number of rotatable bonds is 3. The fraction of sp³-hybridized carbons (Fsp3) is 0.121. The summed E-state index contributed by atoms with van der Waals surface area (Å²) in [6, 6.07) is 82.4. The topological polar surface area (TPSA) is 25.6 Å². The normalized spacial score (nSPS) is 19.1. The Kier molecular flexibility index (Phi) is 8.03. The van der Waals surface area contributed by atoms with Gasteiger partial charge in [-0.05, 0) is 140 Å². The number of hydrogen-bond acceptors (Lipinski definition) is 4. The summed E-state index contributed by atoms with van der Waals surface area (Å²) in [7, 11) is 0. The average molecular weight is 916 g/mol. The van der Waals surface area contributed by atoms with Crippen molar-refractivity contribution in [1.82, 2.24) is 0 Å². The Balaban J connectivity index is 0.951. The number of para-hydroxylation sites is 1. The first-order chi connectivity index (χ1) is 34.7. The molecule has 0 bridgehead atoms. The van der Waals surface area contributed by atoms with Crippen LogP contribution in [0.15, 0.2) is 233 Å². The minimum absolute atomic E-state index is 0.0164. The molecule has 2 spiro atoms. The molecule has 0 amide bonds. The highest BCUT2D eigenvalue weighted by Gasteiger charge is 2.59. The number of benzene rings is 10. The van der Waals surface area contributed by atoms with E-state index in [1.807, 2.05) is 11.8 Å². The van der Waals surface area contributed by atoms with Gasteiger partial charge in [-0.2, -0.15) is 0 Å². The Morgan fingerprint density at radius 2 is 1.04 bits per heavy atom. The zero-order valence-electron chi connectivity index (χ0n) is 38.3. The first-order valence-electron chi connectivity index (χ1n) is 24.9. The van der Waals surface area contributed by atoms with Crippen molar-refractivity contribution in [2.75, 3.05) is 4.90 Å². The first-order valence-corrected chi connectivity index (χ1v) is 25.7. The molecule has 0 N–H and O–H groups in total. The summed E-state index contributed by atoms with van der Waals surface area (Å²) in [5.41, 5.74) is 18.0. The lowest BCUT2D eigenvalue weighted by molar-refractivity contribution is 0.0363. The molecule has 0 saturated heterocycles. The summed E-state index contributed by atoms with van der Waals surface area (Å²) < 4.78 is 14.1. The molecule has 3 aliphatic carbocycles. The van der Waals surface area contributed by atoms with Gasteiger partial charge in [0.15, 0.2) is 0 Å². The van der Waals surface area contributed by atoms with Gasteiger partial charge in [-0.1, -0.05) is 176 Å². The van der Waals surface area contributed by atoms with Gasteiger partial charge < -0.3 is 14.1 Å². The monoisotopic (exact) mass is 915 g/mol. The average Bonchev–Trinajstić information content (AvgIpc) is 4.05. The molecule has 10 aromatic carbocycles. The summed E-state index contributed by atoms with van der Waals surface area (Å²) in [5.74, 6) is 1.15. The summed E-state index contributed by atoms with van der Waals surface area (Å²) in [5, 5.41) is 4.76. The van der Waals surface area contributed by atoms with Gasteiger partial charge in [0.25, 0.3) is 0 Å². The molecule has 1 aromatic heterocycles. The second kappa shape index (κ2) is 14.4. The van der Waals surface area contributed by atoms with E-state index in [0.29, 0.717) is 0 Å². The van der Waals surface area contributed by atoms with Crippen molar-refractivity contribution >= 4 is 55.8 Å². The maximum atomic E-state index is 7.42. The highest BCUT2D eigenvalue weighted by molar-refractivity contribution is 7.99. The maximum absolute atomic E-state index is 7.42. The van der Waals surface area contributed by atoms with Crippen LogP contribution in [0.1, 0.15) is 58.2 Å². The molecule has 2 aliphatic heterocycles. The second-order valence-corrected chi connectivity index (χ2v) is 21.1. The van der Waals surface area contributed by atoms with Crippen LogP contribution in [0.5, 0.6) is 5.75 Å². The predicted octanol–water partition coefficient (Wildman–Crippen LogP) is 16.6. The van der Waals surface area contributed by atoms with Crippen LogP contribution in [0, 0.1) is 5.92 Å². The molecule has 4 heteroatoms. The van der Waals surface area contributed by atoms with Crippen molar-refractivity contribution < 1.29 is 9.15 Å². The molecule has 70 heavy (non-hydrogen) atoms. The van der Waals surface area contributed by atoms with E-state index in [2.05, 4.69) is 223 Å². The van der Waals surface area contributed by atoms with Crippen LogP contribution >= 0.6 is 11.8 Å². The van der Waals surface area contributed by atoms with E-state index in [-0.39, 0.29) is 18.1 Å². The Labute approximate surface area is 411 Å². The van der Waals surface area contributed by atoms with Gasteiger partial charge in [-0.15, -0.1) is 0 Å². The van der Waals surface area contributed by atoms with Crippen LogP contribution in [0.25, 0.3) is 55.0 Å². The minimum Gasteiger partial charge on any atom is -0.490 e. The lowest BCUT2D eigenvalue weighted by Gasteiger charge is -2.53. The number of fused-ring (bicyclic) bond motifs is 22. The van der Waals surface area contributed by atoms with Crippen molar-refractivity contribution in [3.05, 3.63) is 257 Å². The second-order valence-electron chi connectivity index (χ2n) is 20.1. The smallest absolute Gasteiger partial charge is 0.137 e. The number of ether oxygens (including phenoxy) is 1. The standard InChI is InChI=1S/C66H45NO2S/c1-2-17-41-37-61-54(36-40(41)16-1)66(51-25-10-5-20-46(51)47-21-6-11-26-52(47)66)55-38-42(32-34-59(55)69-61)67(57-28-15-30-60-64(57)48-22-7-13-29-58(48)68-60)43-33-35-63-56(39-43)65(53-27-12-14-31-62(53)70-63)49-23-8-3-18-44(49)45-19-4-9-24-50(45)65/h1-31,33,35-37,39,42,55,59H,32,34,38H2. The van der Waals surface area contributed by atoms with Gasteiger partial charge in [0.05, 0.1) is 21.9 Å². The molecule has 3 heterocycles. The number of furan rings is 1. The highest BCUT2D eigenvalue weighted by atomic mass is 32.2. The van der Waals surface area contributed by atoms with Crippen LogP contribution in [0.2, 0.25) is 0 Å². The molecule has 1 fully saturated rings. The van der Waals surface area contributed by atoms with Crippen molar-refractivity contribution in [3.8, 4) is 28.0 Å². The molecule has 3 unspecified atom stereocenters. The third kappa shape index (κ3) is 5.01. The van der Waals surface area contributed by atoms with Crippen LogP contribution in [-0.4, -0.2) is 12.1 Å². The minimum atomic E-state index is -0.497. The number of anilines is 2. The van der Waals surface area contributed by atoms with Gasteiger partial charge in [-0.25, -0.2) is 0 Å². The molecule has 11 aromatic rings. The summed E-state index contributed by atoms with van der Waals surface area (Å²) in [6.07, 6.45) is 2.81. The predicted molar refractivity (Wildman–Crippen MR) is 285 cm³/mol. The third-order valence-electron chi connectivity index (χ3n) is 17.0. The van der Waals surface area contributed by atoms with E-state index in [0.717, 1.165) is 47.0 Å². The van der Waals surface area contributed by atoms with E-state index in [4.69, 9.17) is 9.15 Å². The summed E-state index contributed by atoms with van der Waals surface area (Å²) >= 11 is 1.91. The lowest BCUT2D eigenvalue weighted by atomic mass is 9.57. The Bertz CT molecular complexity index is 3920. The summed E-state index contributed by atoms with van der Waals surface area (Å²) in [4.78, 5) is 5.35. The zero-order valence-corrected chi connectivity index (χ0v) is 39.1. The SMILES string of the molecule is c1ccc2c(c1)Sc1ccc(N(c3cccc4oc5ccccc5c34)C3CCC4Oc5cc6ccccc6cc5C5(c6ccccc6-c6ccccc65)C4C3)cc1C21c2ccccc2-c2ccccc21. The van der Waals surface area contributed by atoms with Crippen molar-refractivity contribution in [2.24, 2.45) is 5.92 Å². The van der Waals surface area contributed by atoms with E-state index in [9.17, 15) is 0 Å². The maximum Gasteiger partial charge on any atom is 0.137 e.